The van der Waals surface area contributed by atoms with Gasteiger partial charge in [0.25, 0.3) is 5.56 Å². The number of rotatable bonds is 4. The molecule has 6 nitrogen and oxygen atoms in total. The summed E-state index contributed by atoms with van der Waals surface area (Å²) < 4.78 is 3.54. The Balaban J connectivity index is 1.96. The number of aldehydes is 1. The van der Waals surface area contributed by atoms with Crippen molar-refractivity contribution in [2.45, 2.75) is 13.5 Å². The maximum Gasteiger partial charge on any atom is 0.253 e. The van der Waals surface area contributed by atoms with Crippen LogP contribution in [0, 0.1) is 6.92 Å². The molecule has 3 heterocycles. The van der Waals surface area contributed by atoms with Crippen LogP contribution in [0.4, 0.5) is 0 Å². The zero-order valence-electron chi connectivity index (χ0n) is 12.9. The SMILES string of the molecule is Cc1cc(-c2nccn2Cc2ccc(C=O)nc2)cn(C)c1=O. The molecule has 0 unspecified atom stereocenters. The summed E-state index contributed by atoms with van der Waals surface area (Å²) in [5.74, 6) is 0.781. The molecule has 0 saturated heterocycles. The van der Waals surface area contributed by atoms with E-state index in [-0.39, 0.29) is 5.56 Å². The van der Waals surface area contributed by atoms with Gasteiger partial charge in [0.2, 0.25) is 0 Å². The first-order chi connectivity index (χ1) is 11.1. The van der Waals surface area contributed by atoms with Crippen LogP contribution < -0.4 is 5.56 Å². The highest BCUT2D eigenvalue weighted by atomic mass is 16.1. The average molecular weight is 308 g/mol. The molecule has 0 aliphatic carbocycles. The van der Waals surface area contributed by atoms with Crippen LogP contribution in [0.15, 0.2) is 47.8 Å². The van der Waals surface area contributed by atoms with Crippen molar-refractivity contribution in [1.29, 1.82) is 0 Å². The minimum atomic E-state index is -0.0134. The maximum atomic E-state index is 11.8. The standard InChI is InChI=1S/C17H16N4O2/c1-12-7-14(10-20(2)17(12)23)16-18-5-6-21(16)9-13-3-4-15(11-22)19-8-13/h3-8,10-11H,9H2,1-2H3. The minimum absolute atomic E-state index is 0.0134. The van der Waals surface area contributed by atoms with Crippen LogP contribution in [0.25, 0.3) is 11.4 Å². The number of aromatic nitrogens is 4. The minimum Gasteiger partial charge on any atom is -0.326 e. The Labute approximate surface area is 133 Å². The molecule has 0 N–H and O–H groups in total. The van der Waals surface area contributed by atoms with Crippen molar-refractivity contribution >= 4 is 6.29 Å². The van der Waals surface area contributed by atoms with Gasteiger partial charge in [0, 0.05) is 43.0 Å². The Kier molecular flexibility index (Phi) is 3.89. The Morgan fingerprint density at radius 2 is 2.09 bits per heavy atom. The van der Waals surface area contributed by atoms with Gasteiger partial charge >= 0.3 is 0 Å². The Hall–Kier alpha value is -3.02. The number of pyridine rings is 2. The summed E-state index contributed by atoms with van der Waals surface area (Å²) in [6.07, 6.45) is 7.79. The van der Waals surface area contributed by atoms with Crippen LogP contribution in [-0.4, -0.2) is 25.4 Å². The number of imidazole rings is 1. The van der Waals surface area contributed by atoms with Crippen molar-refractivity contribution in [2.75, 3.05) is 0 Å². The van der Waals surface area contributed by atoms with Gasteiger partial charge in [-0.3, -0.25) is 14.6 Å². The second-order valence-corrected chi connectivity index (χ2v) is 5.42. The Morgan fingerprint density at radius 1 is 1.26 bits per heavy atom. The van der Waals surface area contributed by atoms with Crippen molar-refractivity contribution in [2.24, 2.45) is 7.05 Å². The lowest BCUT2D eigenvalue weighted by Gasteiger charge is -2.10. The van der Waals surface area contributed by atoms with E-state index in [1.807, 2.05) is 22.9 Å². The summed E-state index contributed by atoms with van der Waals surface area (Å²) in [4.78, 5) is 31.0. The van der Waals surface area contributed by atoms with Crippen molar-refractivity contribution < 1.29 is 4.79 Å². The fourth-order valence-electron chi connectivity index (χ4n) is 2.49. The number of hydrogen-bond acceptors (Lipinski definition) is 4. The van der Waals surface area contributed by atoms with E-state index in [4.69, 9.17) is 0 Å². The predicted octanol–water partition coefficient (Wildman–Crippen LogP) is 1.81. The largest absolute Gasteiger partial charge is 0.326 e. The molecule has 0 aromatic carbocycles. The quantitative estimate of drug-likeness (QED) is 0.689. The van der Waals surface area contributed by atoms with Crippen LogP contribution in [0.3, 0.4) is 0 Å². The molecule has 116 valence electrons. The van der Waals surface area contributed by atoms with Gasteiger partial charge in [0.1, 0.15) is 11.5 Å². The zero-order valence-corrected chi connectivity index (χ0v) is 12.9. The smallest absolute Gasteiger partial charge is 0.253 e. The molecule has 6 heteroatoms. The third-order valence-corrected chi connectivity index (χ3v) is 3.66. The highest BCUT2D eigenvalue weighted by Gasteiger charge is 2.09. The summed E-state index contributed by atoms with van der Waals surface area (Å²) >= 11 is 0. The van der Waals surface area contributed by atoms with Crippen LogP contribution in [0.2, 0.25) is 0 Å². The third kappa shape index (κ3) is 2.96. The van der Waals surface area contributed by atoms with Crippen molar-refractivity contribution in [3.63, 3.8) is 0 Å². The highest BCUT2D eigenvalue weighted by molar-refractivity contribution is 5.71. The molecule has 0 aliphatic heterocycles. The second kappa shape index (κ2) is 6.00. The van der Waals surface area contributed by atoms with Gasteiger partial charge in [0.05, 0.1) is 6.54 Å². The summed E-state index contributed by atoms with van der Waals surface area (Å²) in [5.41, 5.74) is 2.92. The lowest BCUT2D eigenvalue weighted by Crippen LogP contribution is -2.18. The molecule has 0 amide bonds. The number of hydrogen-bond donors (Lipinski definition) is 0. The second-order valence-electron chi connectivity index (χ2n) is 5.42. The molecule has 0 radical (unpaired) electrons. The number of carbonyl (C=O) groups is 1. The van der Waals surface area contributed by atoms with Crippen LogP contribution in [0.1, 0.15) is 21.6 Å². The van der Waals surface area contributed by atoms with E-state index in [0.29, 0.717) is 17.8 Å². The van der Waals surface area contributed by atoms with Crippen molar-refractivity contribution in [1.82, 2.24) is 19.1 Å². The summed E-state index contributed by atoms with van der Waals surface area (Å²) in [7, 11) is 1.73. The maximum absolute atomic E-state index is 11.8. The topological polar surface area (TPSA) is 69.8 Å². The number of aryl methyl sites for hydroxylation is 2. The van der Waals surface area contributed by atoms with E-state index in [9.17, 15) is 9.59 Å². The first-order valence-electron chi connectivity index (χ1n) is 7.17. The van der Waals surface area contributed by atoms with Crippen molar-refractivity contribution in [3.05, 3.63) is 70.2 Å². The van der Waals surface area contributed by atoms with E-state index in [0.717, 1.165) is 23.2 Å². The van der Waals surface area contributed by atoms with E-state index in [1.165, 1.54) is 0 Å². The first kappa shape index (κ1) is 14.9. The molecule has 0 spiro atoms. The van der Waals surface area contributed by atoms with Gasteiger partial charge in [-0.1, -0.05) is 6.07 Å². The van der Waals surface area contributed by atoms with Gasteiger partial charge in [-0.15, -0.1) is 0 Å². The molecule has 3 aromatic heterocycles. The van der Waals surface area contributed by atoms with E-state index in [1.54, 1.807) is 43.2 Å². The highest BCUT2D eigenvalue weighted by Crippen LogP contribution is 2.18. The fraction of sp³-hybridized carbons (Fsp3) is 0.176. The molecule has 0 aliphatic rings. The van der Waals surface area contributed by atoms with Gasteiger partial charge in [-0.05, 0) is 24.6 Å². The van der Waals surface area contributed by atoms with Crippen LogP contribution >= 0.6 is 0 Å². The summed E-state index contributed by atoms with van der Waals surface area (Å²) in [6.45, 7) is 2.38. The van der Waals surface area contributed by atoms with Crippen LogP contribution in [0.5, 0.6) is 0 Å². The lowest BCUT2D eigenvalue weighted by molar-refractivity contribution is 0.111. The molecular formula is C17H16N4O2. The predicted molar refractivity (Wildman–Crippen MR) is 86.4 cm³/mol. The zero-order chi connectivity index (χ0) is 16.4. The molecule has 3 rings (SSSR count). The summed E-state index contributed by atoms with van der Waals surface area (Å²) in [5, 5.41) is 0. The van der Waals surface area contributed by atoms with E-state index < -0.39 is 0 Å². The molecule has 0 saturated carbocycles. The first-order valence-corrected chi connectivity index (χ1v) is 7.17. The molecule has 0 atom stereocenters. The molecule has 3 aromatic rings. The molecule has 0 bridgehead atoms. The van der Waals surface area contributed by atoms with Crippen molar-refractivity contribution in [3.8, 4) is 11.4 Å². The third-order valence-electron chi connectivity index (χ3n) is 3.66. The fourth-order valence-corrected chi connectivity index (χ4v) is 2.49. The normalized spacial score (nSPS) is 10.7. The number of carbonyl (C=O) groups excluding carboxylic acids is 1. The van der Waals surface area contributed by atoms with E-state index in [2.05, 4.69) is 9.97 Å². The summed E-state index contributed by atoms with van der Waals surface area (Å²) in [6, 6.07) is 5.40. The van der Waals surface area contributed by atoms with Gasteiger partial charge in [-0.25, -0.2) is 4.98 Å². The van der Waals surface area contributed by atoms with Gasteiger partial charge in [-0.2, -0.15) is 0 Å². The Morgan fingerprint density at radius 3 is 2.74 bits per heavy atom. The molecular weight excluding hydrogens is 292 g/mol. The van der Waals surface area contributed by atoms with Gasteiger partial charge in [0.15, 0.2) is 6.29 Å². The molecule has 23 heavy (non-hydrogen) atoms. The van der Waals surface area contributed by atoms with Crippen LogP contribution in [-0.2, 0) is 13.6 Å². The lowest BCUT2D eigenvalue weighted by atomic mass is 10.2. The number of nitrogens with zero attached hydrogens (tertiary/aromatic N) is 4. The Bertz CT molecular complexity index is 881. The van der Waals surface area contributed by atoms with Gasteiger partial charge < -0.3 is 9.13 Å². The van der Waals surface area contributed by atoms with E-state index >= 15 is 0 Å². The monoisotopic (exact) mass is 308 g/mol. The average Bonchev–Trinajstić information content (AvgIpc) is 3.01. The molecule has 0 fully saturated rings.